The number of benzene rings is 1. The molecule has 0 atom stereocenters. The van der Waals surface area contributed by atoms with Gasteiger partial charge in [-0.05, 0) is 0 Å². The maximum atomic E-state index is 10.0. The second-order valence-electron chi connectivity index (χ2n) is 1.53. The van der Waals surface area contributed by atoms with Crippen LogP contribution in [0.4, 0.5) is 0 Å². The van der Waals surface area contributed by atoms with Gasteiger partial charge in [-0.3, -0.25) is 4.79 Å². The van der Waals surface area contributed by atoms with E-state index in [9.17, 15) is 4.79 Å². The third-order valence-corrected chi connectivity index (χ3v) is 0.936. The van der Waals surface area contributed by atoms with Crippen molar-refractivity contribution in [3.05, 3.63) is 35.9 Å². The van der Waals surface area contributed by atoms with Gasteiger partial charge in [-0.15, -0.1) is 0 Å². The molecule has 14 heavy (non-hydrogen) atoms. The first-order chi connectivity index (χ1) is 6.93. The number of carbonyl (C=O) groups excluding carboxylic acids is 1. The van der Waals surface area contributed by atoms with E-state index < -0.39 is 0 Å². The Kier molecular flexibility index (Phi) is 30.0. The molecule has 0 saturated heterocycles. The number of aliphatic hydroxyl groups is 2. The fraction of sp³-hybridized carbons (Fsp3) is 0.364. The first-order valence-electron chi connectivity index (χ1n) is 4.33. The normalized spacial score (nSPS) is 6.14. The van der Waals surface area contributed by atoms with E-state index in [2.05, 4.69) is 0 Å². The van der Waals surface area contributed by atoms with Crippen molar-refractivity contribution in [2.45, 2.75) is 13.8 Å². The maximum Gasteiger partial charge on any atom is 0.150 e. The number of carbonyl (C=O) groups is 1. The summed E-state index contributed by atoms with van der Waals surface area (Å²) in [7, 11) is 2.00. The van der Waals surface area contributed by atoms with Crippen molar-refractivity contribution in [3.63, 3.8) is 0 Å². The summed E-state index contributed by atoms with van der Waals surface area (Å²) in [4.78, 5) is 10.0. The molecule has 0 aliphatic carbocycles. The average Bonchev–Trinajstić information content (AvgIpc) is 2.37. The van der Waals surface area contributed by atoms with Gasteiger partial charge in [0.1, 0.15) is 6.29 Å². The van der Waals surface area contributed by atoms with Crippen LogP contribution in [0.25, 0.3) is 0 Å². The molecule has 1 aromatic carbocycles. The van der Waals surface area contributed by atoms with Gasteiger partial charge in [0.25, 0.3) is 0 Å². The summed E-state index contributed by atoms with van der Waals surface area (Å²) in [6.07, 6.45) is 0.833. The lowest BCUT2D eigenvalue weighted by Gasteiger charge is -1.81. The summed E-state index contributed by atoms with van der Waals surface area (Å²) in [5, 5.41) is 14.0. The molecule has 3 heteroatoms. The maximum absolute atomic E-state index is 10.0. The SMILES string of the molecule is CC.CO.CO.O=Cc1ccccc1. The van der Waals surface area contributed by atoms with E-state index in [-0.39, 0.29) is 0 Å². The van der Waals surface area contributed by atoms with Crippen molar-refractivity contribution in [3.8, 4) is 0 Å². The highest BCUT2D eigenvalue weighted by atomic mass is 16.2. The Morgan fingerprint density at radius 3 is 1.50 bits per heavy atom. The largest absolute Gasteiger partial charge is 0.400 e. The first kappa shape index (κ1) is 18.6. The minimum atomic E-state index is 0.729. The van der Waals surface area contributed by atoms with E-state index in [1.807, 2.05) is 32.0 Å². The second kappa shape index (κ2) is 22.6. The highest BCUT2D eigenvalue weighted by molar-refractivity contribution is 5.74. The van der Waals surface area contributed by atoms with Gasteiger partial charge in [0.05, 0.1) is 0 Å². The monoisotopic (exact) mass is 200 g/mol. The van der Waals surface area contributed by atoms with Gasteiger partial charge in [-0.1, -0.05) is 44.2 Å². The van der Waals surface area contributed by atoms with Crippen LogP contribution in [-0.4, -0.2) is 30.7 Å². The highest BCUT2D eigenvalue weighted by Gasteiger charge is 1.79. The predicted molar refractivity (Wildman–Crippen MR) is 59.5 cm³/mol. The highest BCUT2D eigenvalue weighted by Crippen LogP contribution is 1.91. The number of aliphatic hydroxyl groups excluding tert-OH is 2. The Morgan fingerprint density at radius 2 is 1.29 bits per heavy atom. The lowest BCUT2D eigenvalue weighted by atomic mass is 10.2. The number of hydrogen-bond acceptors (Lipinski definition) is 3. The lowest BCUT2D eigenvalue weighted by molar-refractivity contribution is 0.112. The Hall–Kier alpha value is -1.19. The number of aldehydes is 1. The molecule has 0 aliphatic rings. The average molecular weight is 200 g/mol. The number of rotatable bonds is 1. The molecule has 1 rings (SSSR count). The first-order valence-corrected chi connectivity index (χ1v) is 4.33. The van der Waals surface area contributed by atoms with E-state index in [0.717, 1.165) is 26.1 Å². The summed E-state index contributed by atoms with van der Waals surface area (Å²) in [6, 6.07) is 9.10. The molecule has 0 saturated carbocycles. The lowest BCUT2D eigenvalue weighted by Crippen LogP contribution is -1.73. The molecule has 0 unspecified atom stereocenters. The molecular formula is C11H20O3. The van der Waals surface area contributed by atoms with Crippen molar-refractivity contribution in [1.82, 2.24) is 0 Å². The summed E-state index contributed by atoms with van der Waals surface area (Å²) in [5.41, 5.74) is 0.729. The minimum Gasteiger partial charge on any atom is -0.400 e. The fourth-order valence-electron chi connectivity index (χ4n) is 0.532. The molecule has 0 spiro atoms. The van der Waals surface area contributed by atoms with E-state index in [0.29, 0.717) is 0 Å². The predicted octanol–water partition coefficient (Wildman–Crippen LogP) is 1.74. The van der Waals surface area contributed by atoms with Crippen LogP contribution in [0.15, 0.2) is 30.3 Å². The van der Waals surface area contributed by atoms with Crippen molar-refractivity contribution in [2.24, 2.45) is 0 Å². The number of hydrogen-bond donors (Lipinski definition) is 2. The van der Waals surface area contributed by atoms with Crippen molar-refractivity contribution in [1.29, 1.82) is 0 Å². The van der Waals surface area contributed by atoms with Gasteiger partial charge < -0.3 is 10.2 Å². The van der Waals surface area contributed by atoms with Gasteiger partial charge in [-0.25, -0.2) is 0 Å². The molecule has 3 nitrogen and oxygen atoms in total. The van der Waals surface area contributed by atoms with Crippen LogP contribution in [-0.2, 0) is 0 Å². The molecule has 0 aromatic heterocycles. The van der Waals surface area contributed by atoms with E-state index in [1.54, 1.807) is 12.1 Å². The third-order valence-electron chi connectivity index (χ3n) is 0.936. The van der Waals surface area contributed by atoms with Crippen LogP contribution in [0, 0.1) is 0 Å². The summed E-state index contributed by atoms with van der Waals surface area (Å²) in [5.74, 6) is 0. The molecule has 0 fully saturated rings. The van der Waals surface area contributed by atoms with Crippen LogP contribution >= 0.6 is 0 Å². The van der Waals surface area contributed by atoms with Crippen LogP contribution in [0.3, 0.4) is 0 Å². The molecule has 0 bridgehead atoms. The third kappa shape index (κ3) is 13.4. The van der Waals surface area contributed by atoms with Gasteiger partial charge in [0.2, 0.25) is 0 Å². The Balaban J connectivity index is -0.000000174. The van der Waals surface area contributed by atoms with Crippen molar-refractivity contribution in [2.75, 3.05) is 14.2 Å². The fourth-order valence-corrected chi connectivity index (χ4v) is 0.532. The van der Waals surface area contributed by atoms with Crippen LogP contribution in [0.1, 0.15) is 24.2 Å². The van der Waals surface area contributed by atoms with E-state index in [1.165, 1.54) is 0 Å². The van der Waals surface area contributed by atoms with Gasteiger partial charge in [0, 0.05) is 19.8 Å². The van der Waals surface area contributed by atoms with Crippen LogP contribution < -0.4 is 0 Å². The Labute approximate surface area is 86.0 Å². The van der Waals surface area contributed by atoms with E-state index in [4.69, 9.17) is 10.2 Å². The van der Waals surface area contributed by atoms with Crippen LogP contribution in [0.2, 0.25) is 0 Å². The molecular weight excluding hydrogens is 180 g/mol. The standard InChI is InChI=1S/C7H6O.C2H6.2CH4O/c8-6-7-4-2-1-3-5-7;3*1-2/h1-6H;1-2H3;2*2H,1H3. The topological polar surface area (TPSA) is 57.5 Å². The van der Waals surface area contributed by atoms with Gasteiger partial charge >= 0.3 is 0 Å². The smallest absolute Gasteiger partial charge is 0.150 e. The molecule has 82 valence electrons. The zero-order valence-corrected chi connectivity index (χ0v) is 9.27. The van der Waals surface area contributed by atoms with Crippen molar-refractivity contribution < 1.29 is 15.0 Å². The second-order valence-corrected chi connectivity index (χ2v) is 1.53. The summed E-state index contributed by atoms with van der Waals surface area (Å²) in [6.45, 7) is 4.00. The zero-order valence-electron chi connectivity index (χ0n) is 9.27. The minimum absolute atomic E-state index is 0.729. The molecule has 2 N–H and O–H groups in total. The molecule has 1 aromatic rings. The molecule has 0 radical (unpaired) electrons. The molecule has 0 amide bonds. The molecule has 0 heterocycles. The zero-order chi connectivity index (χ0) is 11.8. The van der Waals surface area contributed by atoms with Gasteiger partial charge in [0.15, 0.2) is 0 Å². The van der Waals surface area contributed by atoms with Crippen LogP contribution in [0.5, 0.6) is 0 Å². The van der Waals surface area contributed by atoms with Gasteiger partial charge in [-0.2, -0.15) is 0 Å². The Morgan fingerprint density at radius 1 is 0.929 bits per heavy atom. The Bertz CT molecular complexity index is 173. The molecule has 0 aliphatic heterocycles. The quantitative estimate of drug-likeness (QED) is 0.679. The van der Waals surface area contributed by atoms with Crippen molar-refractivity contribution >= 4 is 6.29 Å². The summed E-state index contributed by atoms with van der Waals surface area (Å²) >= 11 is 0. The van der Waals surface area contributed by atoms with E-state index >= 15 is 0 Å². The summed E-state index contributed by atoms with van der Waals surface area (Å²) < 4.78 is 0.